The average Bonchev–Trinajstić information content (AvgIpc) is 2.49. The number of hydrogen-bond donors (Lipinski definition) is 2. The van der Waals surface area contributed by atoms with Crippen molar-refractivity contribution in [2.45, 2.75) is 6.92 Å². The SMILES string of the molecule is COc1ccc(C)cc1NC(=S)Nc1cc([N+](=O)[O-])ccc1Cl. The van der Waals surface area contributed by atoms with E-state index in [-0.39, 0.29) is 10.8 Å². The molecule has 0 atom stereocenters. The van der Waals surface area contributed by atoms with Crippen LogP contribution in [0.1, 0.15) is 5.56 Å². The Labute approximate surface area is 143 Å². The first-order chi connectivity index (χ1) is 10.9. The molecule has 0 saturated carbocycles. The van der Waals surface area contributed by atoms with Gasteiger partial charge in [-0.1, -0.05) is 17.7 Å². The molecule has 0 bridgehead atoms. The molecule has 8 heteroatoms. The maximum Gasteiger partial charge on any atom is 0.271 e. The monoisotopic (exact) mass is 351 g/mol. The Kier molecular flexibility index (Phi) is 5.36. The van der Waals surface area contributed by atoms with E-state index in [2.05, 4.69) is 10.6 Å². The van der Waals surface area contributed by atoms with Crippen molar-refractivity contribution in [2.24, 2.45) is 0 Å². The molecule has 23 heavy (non-hydrogen) atoms. The summed E-state index contributed by atoms with van der Waals surface area (Å²) in [5, 5.41) is 17.3. The molecule has 120 valence electrons. The van der Waals surface area contributed by atoms with Gasteiger partial charge in [-0.25, -0.2) is 0 Å². The van der Waals surface area contributed by atoms with Gasteiger partial charge in [-0.3, -0.25) is 10.1 Å². The molecule has 6 nitrogen and oxygen atoms in total. The van der Waals surface area contributed by atoms with Crippen LogP contribution in [0.3, 0.4) is 0 Å². The van der Waals surface area contributed by atoms with Crippen LogP contribution in [0.4, 0.5) is 17.1 Å². The molecule has 0 radical (unpaired) electrons. The first-order valence-corrected chi connectivity index (χ1v) is 7.36. The van der Waals surface area contributed by atoms with Crippen LogP contribution in [-0.2, 0) is 0 Å². The lowest BCUT2D eigenvalue weighted by molar-refractivity contribution is -0.384. The minimum atomic E-state index is -0.498. The number of non-ortho nitro benzene ring substituents is 1. The van der Waals surface area contributed by atoms with Crippen LogP contribution < -0.4 is 15.4 Å². The molecule has 0 aromatic heterocycles. The average molecular weight is 352 g/mol. The first-order valence-electron chi connectivity index (χ1n) is 6.57. The van der Waals surface area contributed by atoms with Gasteiger partial charge in [0, 0.05) is 12.1 Å². The first kappa shape index (κ1) is 17.0. The molecule has 0 spiro atoms. The van der Waals surface area contributed by atoms with E-state index in [1.54, 1.807) is 7.11 Å². The summed E-state index contributed by atoms with van der Waals surface area (Å²) in [4.78, 5) is 10.3. The van der Waals surface area contributed by atoms with Gasteiger partial charge in [0.1, 0.15) is 5.75 Å². The summed E-state index contributed by atoms with van der Waals surface area (Å²) in [5.74, 6) is 0.630. The Morgan fingerprint density at radius 2 is 1.91 bits per heavy atom. The summed E-state index contributed by atoms with van der Waals surface area (Å²) in [6, 6.07) is 9.70. The van der Waals surface area contributed by atoms with Gasteiger partial charge in [-0.2, -0.15) is 0 Å². The van der Waals surface area contributed by atoms with E-state index in [9.17, 15) is 10.1 Å². The van der Waals surface area contributed by atoms with Crippen molar-refractivity contribution >= 4 is 46.0 Å². The number of nitrogens with zero attached hydrogens (tertiary/aromatic N) is 1. The van der Waals surface area contributed by atoms with Crippen LogP contribution >= 0.6 is 23.8 Å². The lowest BCUT2D eigenvalue weighted by Crippen LogP contribution is -2.19. The molecule has 0 saturated heterocycles. The number of ether oxygens (including phenoxy) is 1. The Morgan fingerprint density at radius 3 is 2.57 bits per heavy atom. The number of halogens is 1. The second-order valence-corrected chi connectivity index (χ2v) is 5.52. The molecule has 2 rings (SSSR count). The topological polar surface area (TPSA) is 76.4 Å². The number of benzene rings is 2. The lowest BCUT2D eigenvalue weighted by Gasteiger charge is -2.14. The van der Waals surface area contributed by atoms with E-state index in [0.29, 0.717) is 22.1 Å². The van der Waals surface area contributed by atoms with Crippen LogP contribution in [0.2, 0.25) is 5.02 Å². The molecule has 0 unspecified atom stereocenters. The second-order valence-electron chi connectivity index (χ2n) is 4.70. The number of nitrogens with one attached hydrogen (secondary N) is 2. The number of anilines is 2. The fraction of sp³-hybridized carbons (Fsp3) is 0.133. The highest BCUT2D eigenvalue weighted by molar-refractivity contribution is 7.80. The number of rotatable bonds is 4. The largest absolute Gasteiger partial charge is 0.495 e. The van der Waals surface area contributed by atoms with Crippen molar-refractivity contribution in [2.75, 3.05) is 17.7 Å². The molecule has 2 N–H and O–H groups in total. The van der Waals surface area contributed by atoms with E-state index in [1.165, 1.54) is 18.2 Å². The van der Waals surface area contributed by atoms with Crippen molar-refractivity contribution in [3.8, 4) is 5.75 Å². The van der Waals surface area contributed by atoms with Crippen LogP contribution in [0.5, 0.6) is 5.75 Å². The molecule has 0 fully saturated rings. The van der Waals surface area contributed by atoms with Gasteiger partial charge in [-0.05, 0) is 42.9 Å². The quantitative estimate of drug-likeness (QED) is 0.484. The summed E-state index contributed by atoms with van der Waals surface area (Å²) in [7, 11) is 1.56. The van der Waals surface area contributed by atoms with E-state index in [1.807, 2.05) is 25.1 Å². The molecule has 0 heterocycles. The van der Waals surface area contributed by atoms with Crippen molar-refractivity contribution in [1.29, 1.82) is 0 Å². The van der Waals surface area contributed by atoms with Gasteiger partial charge < -0.3 is 15.4 Å². The summed E-state index contributed by atoms with van der Waals surface area (Å²) in [5.41, 5.74) is 1.99. The number of aryl methyl sites for hydroxylation is 1. The number of thiocarbonyl (C=S) groups is 1. The second kappa shape index (κ2) is 7.26. The normalized spacial score (nSPS) is 10.0. The lowest BCUT2D eigenvalue weighted by atomic mass is 10.2. The standard InChI is InChI=1S/C15H14ClN3O3S/c1-9-3-6-14(22-2)13(7-9)18-15(23)17-12-8-10(19(20)21)4-5-11(12)16/h3-8H,1-2H3,(H2,17,18,23). The number of nitro groups is 1. The van der Waals surface area contributed by atoms with Crippen LogP contribution in [0.25, 0.3) is 0 Å². The highest BCUT2D eigenvalue weighted by Gasteiger charge is 2.12. The van der Waals surface area contributed by atoms with Crippen molar-refractivity contribution in [1.82, 2.24) is 0 Å². The Morgan fingerprint density at radius 1 is 1.22 bits per heavy atom. The van der Waals surface area contributed by atoms with E-state index in [4.69, 9.17) is 28.6 Å². The van der Waals surface area contributed by atoms with Gasteiger partial charge in [-0.15, -0.1) is 0 Å². The molecule has 2 aromatic carbocycles. The smallest absolute Gasteiger partial charge is 0.271 e. The van der Waals surface area contributed by atoms with Crippen LogP contribution in [0, 0.1) is 17.0 Å². The fourth-order valence-corrected chi connectivity index (χ4v) is 2.30. The Bertz CT molecular complexity index is 768. The highest BCUT2D eigenvalue weighted by atomic mass is 35.5. The number of methoxy groups -OCH3 is 1. The zero-order chi connectivity index (χ0) is 17.0. The molecule has 0 aliphatic heterocycles. The molecular weight excluding hydrogens is 338 g/mol. The van der Waals surface area contributed by atoms with Crippen LogP contribution in [-0.4, -0.2) is 17.1 Å². The molecule has 2 aromatic rings. The van der Waals surface area contributed by atoms with Crippen molar-refractivity contribution in [3.63, 3.8) is 0 Å². The summed E-state index contributed by atoms with van der Waals surface area (Å²) in [6.45, 7) is 1.94. The summed E-state index contributed by atoms with van der Waals surface area (Å²) >= 11 is 11.3. The molecular formula is C15H14ClN3O3S. The van der Waals surface area contributed by atoms with E-state index >= 15 is 0 Å². The van der Waals surface area contributed by atoms with Crippen LogP contribution in [0.15, 0.2) is 36.4 Å². The third-order valence-corrected chi connectivity index (χ3v) is 3.55. The zero-order valence-electron chi connectivity index (χ0n) is 12.4. The van der Waals surface area contributed by atoms with E-state index < -0.39 is 4.92 Å². The van der Waals surface area contributed by atoms with Gasteiger partial charge >= 0.3 is 0 Å². The third kappa shape index (κ3) is 4.30. The minimum absolute atomic E-state index is 0.0761. The maximum absolute atomic E-state index is 10.8. The van der Waals surface area contributed by atoms with Crippen molar-refractivity contribution < 1.29 is 9.66 Å². The van der Waals surface area contributed by atoms with Gasteiger partial charge in [0.15, 0.2) is 5.11 Å². The predicted molar refractivity (Wildman–Crippen MR) is 95.7 cm³/mol. The third-order valence-electron chi connectivity index (χ3n) is 3.01. The number of hydrogen-bond acceptors (Lipinski definition) is 4. The summed E-state index contributed by atoms with van der Waals surface area (Å²) in [6.07, 6.45) is 0. The number of nitro benzene ring substituents is 1. The van der Waals surface area contributed by atoms with Gasteiger partial charge in [0.25, 0.3) is 5.69 Å². The Balaban J connectivity index is 2.19. The molecule has 0 aliphatic carbocycles. The summed E-state index contributed by atoms with van der Waals surface area (Å²) < 4.78 is 5.26. The van der Waals surface area contributed by atoms with Gasteiger partial charge in [0.2, 0.25) is 0 Å². The van der Waals surface area contributed by atoms with E-state index in [0.717, 1.165) is 5.56 Å². The fourth-order valence-electron chi connectivity index (χ4n) is 1.92. The predicted octanol–water partition coefficient (Wildman–Crippen LogP) is 4.37. The maximum atomic E-state index is 10.8. The molecule has 0 aliphatic rings. The van der Waals surface area contributed by atoms with Crippen molar-refractivity contribution in [3.05, 3.63) is 57.1 Å². The minimum Gasteiger partial charge on any atom is -0.495 e. The molecule has 0 amide bonds. The highest BCUT2D eigenvalue weighted by Crippen LogP contribution is 2.28. The zero-order valence-corrected chi connectivity index (χ0v) is 14.0. The Hall–Kier alpha value is -2.38. The van der Waals surface area contributed by atoms with Gasteiger partial charge in [0.05, 0.1) is 28.4 Å².